The fourth-order valence-electron chi connectivity index (χ4n) is 3.64. The molecule has 12 heteroatoms. The van der Waals surface area contributed by atoms with Crippen molar-refractivity contribution in [1.82, 2.24) is 14.5 Å². The van der Waals surface area contributed by atoms with E-state index in [4.69, 9.17) is 4.42 Å². The molecule has 0 bridgehead atoms. The second-order valence-corrected chi connectivity index (χ2v) is 12.9. The van der Waals surface area contributed by atoms with Crippen LogP contribution in [0, 0.1) is 0 Å². The lowest BCUT2D eigenvalue weighted by molar-refractivity contribution is 0.102. The summed E-state index contributed by atoms with van der Waals surface area (Å²) in [6.07, 6.45) is 1.95. The Morgan fingerprint density at radius 1 is 0.943 bits per heavy atom. The first-order chi connectivity index (χ1) is 16.6. The van der Waals surface area contributed by atoms with Gasteiger partial charge in [0.15, 0.2) is 9.84 Å². The summed E-state index contributed by atoms with van der Waals surface area (Å²) in [7, 11) is -6.91. The zero-order valence-electron chi connectivity index (χ0n) is 19.3. The SMILES string of the molecule is CC(C)S(=O)(=O)c1ccc(Cc2nnc(NC(=O)c3ccc(S(=O)(=O)N4CCCC4)cc3)o2)cc1. The minimum atomic E-state index is -3.55. The molecular weight excluding hydrogens is 492 g/mol. The molecular formula is C23H26N4O6S2. The van der Waals surface area contributed by atoms with Crippen molar-refractivity contribution >= 4 is 31.8 Å². The number of sulfonamides is 1. The van der Waals surface area contributed by atoms with Crippen molar-refractivity contribution in [3.63, 3.8) is 0 Å². The van der Waals surface area contributed by atoms with Gasteiger partial charge in [0.25, 0.3) is 5.91 Å². The van der Waals surface area contributed by atoms with Gasteiger partial charge in [-0.15, -0.1) is 5.10 Å². The Hall–Kier alpha value is -3.09. The maximum atomic E-state index is 12.6. The molecule has 1 saturated heterocycles. The van der Waals surface area contributed by atoms with Gasteiger partial charge in [-0.2, -0.15) is 4.31 Å². The van der Waals surface area contributed by atoms with E-state index in [1.54, 1.807) is 26.0 Å². The zero-order chi connectivity index (χ0) is 25.2. The Kier molecular flexibility index (Phi) is 7.06. The van der Waals surface area contributed by atoms with Crippen molar-refractivity contribution in [3.8, 4) is 0 Å². The van der Waals surface area contributed by atoms with Crippen LogP contribution < -0.4 is 5.32 Å². The summed E-state index contributed by atoms with van der Waals surface area (Å²) in [6.45, 7) is 4.27. The van der Waals surface area contributed by atoms with Crippen molar-refractivity contribution in [2.45, 2.75) is 48.2 Å². The van der Waals surface area contributed by atoms with E-state index in [9.17, 15) is 21.6 Å². The third kappa shape index (κ3) is 5.44. The Bertz CT molecular complexity index is 1410. The van der Waals surface area contributed by atoms with Gasteiger partial charge in [0.05, 0.1) is 21.5 Å². The quantitative estimate of drug-likeness (QED) is 0.480. The van der Waals surface area contributed by atoms with Gasteiger partial charge in [-0.05, 0) is 68.7 Å². The van der Waals surface area contributed by atoms with Gasteiger partial charge in [0.1, 0.15) is 0 Å². The van der Waals surface area contributed by atoms with Gasteiger partial charge in [0.2, 0.25) is 15.9 Å². The predicted molar refractivity (Wildman–Crippen MR) is 128 cm³/mol. The van der Waals surface area contributed by atoms with Crippen LogP contribution in [0.3, 0.4) is 0 Å². The van der Waals surface area contributed by atoms with Gasteiger partial charge < -0.3 is 4.42 Å². The maximum Gasteiger partial charge on any atom is 0.322 e. The number of hydrogen-bond donors (Lipinski definition) is 1. The minimum Gasteiger partial charge on any atom is -0.407 e. The molecule has 1 aliphatic heterocycles. The molecule has 1 aromatic heterocycles. The smallest absolute Gasteiger partial charge is 0.322 e. The standard InChI is InChI=1S/C23H26N4O6S2/c1-16(2)34(29,30)19-9-5-17(6-10-19)15-21-25-26-23(33-21)24-22(28)18-7-11-20(12-8-18)35(31,32)27-13-3-4-14-27/h5-12,16H,3-4,13-15H2,1-2H3,(H,24,26,28). The summed E-state index contributed by atoms with van der Waals surface area (Å²) in [5, 5.41) is 9.72. The van der Waals surface area contributed by atoms with Crippen molar-refractivity contribution in [2.24, 2.45) is 0 Å². The van der Waals surface area contributed by atoms with Crippen LogP contribution in [0.25, 0.3) is 0 Å². The van der Waals surface area contributed by atoms with Crippen LogP contribution in [0.5, 0.6) is 0 Å². The molecule has 2 aromatic carbocycles. The van der Waals surface area contributed by atoms with Crippen LogP contribution in [0.1, 0.15) is 48.5 Å². The summed E-state index contributed by atoms with van der Waals surface area (Å²) in [5.41, 5.74) is 1.01. The highest BCUT2D eigenvalue weighted by atomic mass is 32.2. The average Bonchev–Trinajstić information content (AvgIpc) is 3.52. The van der Waals surface area contributed by atoms with Crippen molar-refractivity contribution in [2.75, 3.05) is 18.4 Å². The molecule has 1 aliphatic rings. The molecule has 3 aromatic rings. The Morgan fingerprint density at radius 3 is 2.14 bits per heavy atom. The zero-order valence-corrected chi connectivity index (χ0v) is 21.0. The molecule has 186 valence electrons. The molecule has 0 atom stereocenters. The number of rotatable bonds is 8. The molecule has 1 amide bonds. The largest absolute Gasteiger partial charge is 0.407 e. The first-order valence-corrected chi connectivity index (χ1v) is 14.1. The normalized spacial score (nSPS) is 14.9. The lowest BCUT2D eigenvalue weighted by Crippen LogP contribution is -2.27. The van der Waals surface area contributed by atoms with Crippen molar-refractivity contribution in [3.05, 3.63) is 65.5 Å². The molecule has 0 radical (unpaired) electrons. The molecule has 1 N–H and O–H groups in total. The molecule has 0 saturated carbocycles. The van der Waals surface area contributed by atoms with E-state index >= 15 is 0 Å². The number of nitrogens with one attached hydrogen (secondary N) is 1. The summed E-state index contributed by atoms with van der Waals surface area (Å²) < 4.78 is 56.6. The Balaban J connectivity index is 1.38. The summed E-state index contributed by atoms with van der Waals surface area (Å²) in [4.78, 5) is 12.9. The van der Waals surface area contributed by atoms with E-state index in [-0.39, 0.29) is 33.7 Å². The molecule has 35 heavy (non-hydrogen) atoms. The minimum absolute atomic E-state index is 0.0993. The predicted octanol–water partition coefficient (Wildman–Crippen LogP) is 2.88. The van der Waals surface area contributed by atoms with E-state index in [0.29, 0.717) is 13.1 Å². The number of anilines is 1. The van der Waals surface area contributed by atoms with Gasteiger partial charge in [-0.25, -0.2) is 16.8 Å². The summed E-state index contributed by atoms with van der Waals surface area (Å²) in [6, 6.07) is 12.0. The fourth-order valence-corrected chi connectivity index (χ4v) is 6.22. The monoisotopic (exact) mass is 518 g/mol. The lowest BCUT2D eigenvalue weighted by atomic mass is 10.1. The first kappa shape index (κ1) is 25.0. The third-order valence-corrected chi connectivity index (χ3v) is 9.82. The molecule has 0 aliphatic carbocycles. The first-order valence-electron chi connectivity index (χ1n) is 11.1. The fraction of sp³-hybridized carbons (Fsp3) is 0.348. The van der Waals surface area contributed by atoms with Crippen molar-refractivity contribution in [1.29, 1.82) is 0 Å². The number of hydrogen-bond acceptors (Lipinski definition) is 8. The number of nitrogens with zero attached hydrogens (tertiary/aromatic N) is 3. The van der Waals surface area contributed by atoms with E-state index in [1.165, 1.54) is 40.7 Å². The highest BCUT2D eigenvalue weighted by molar-refractivity contribution is 7.92. The lowest BCUT2D eigenvalue weighted by Gasteiger charge is -2.15. The number of sulfone groups is 1. The van der Waals surface area contributed by atoms with Crippen molar-refractivity contribution < 1.29 is 26.0 Å². The maximum absolute atomic E-state index is 12.6. The Morgan fingerprint density at radius 2 is 1.54 bits per heavy atom. The number of carbonyl (C=O) groups is 1. The van der Waals surface area contributed by atoms with Gasteiger partial charge in [0, 0.05) is 18.7 Å². The summed E-state index contributed by atoms with van der Waals surface area (Å²) >= 11 is 0. The molecule has 0 spiro atoms. The van der Waals surface area contributed by atoms with E-state index in [2.05, 4.69) is 15.5 Å². The molecule has 10 nitrogen and oxygen atoms in total. The van der Waals surface area contributed by atoms with Crippen LogP contribution in [-0.2, 0) is 26.3 Å². The molecule has 0 unspecified atom stereocenters. The summed E-state index contributed by atoms with van der Waals surface area (Å²) in [5.74, 6) is -0.277. The molecule has 2 heterocycles. The second kappa shape index (κ2) is 9.88. The highest BCUT2D eigenvalue weighted by Gasteiger charge is 2.27. The molecule has 1 fully saturated rings. The number of amides is 1. The van der Waals surface area contributed by atoms with Crippen LogP contribution in [0.15, 0.2) is 62.7 Å². The van der Waals surface area contributed by atoms with E-state index < -0.39 is 31.0 Å². The average molecular weight is 519 g/mol. The third-order valence-electron chi connectivity index (χ3n) is 5.73. The van der Waals surface area contributed by atoms with Gasteiger partial charge >= 0.3 is 6.01 Å². The second-order valence-electron chi connectivity index (χ2n) is 8.51. The van der Waals surface area contributed by atoms with Crippen LogP contribution in [0.2, 0.25) is 0 Å². The van der Waals surface area contributed by atoms with Crippen LogP contribution in [-0.4, -0.2) is 55.6 Å². The van der Waals surface area contributed by atoms with Crippen LogP contribution >= 0.6 is 0 Å². The number of carbonyl (C=O) groups excluding carboxylic acids is 1. The topological polar surface area (TPSA) is 140 Å². The van der Waals surface area contributed by atoms with E-state index in [1.807, 2.05) is 0 Å². The highest BCUT2D eigenvalue weighted by Crippen LogP contribution is 2.22. The number of benzene rings is 2. The van der Waals surface area contributed by atoms with Crippen LogP contribution in [0.4, 0.5) is 6.01 Å². The number of aromatic nitrogens is 2. The Labute approximate surface area is 204 Å². The molecule has 4 rings (SSSR count). The van der Waals surface area contributed by atoms with E-state index in [0.717, 1.165) is 18.4 Å². The van der Waals surface area contributed by atoms with Gasteiger partial charge in [-0.1, -0.05) is 17.2 Å². The van der Waals surface area contributed by atoms with Gasteiger partial charge in [-0.3, -0.25) is 10.1 Å².